The Bertz CT molecular complexity index is 472. The molecule has 1 N–H and O–H groups in total. The molecule has 18 heavy (non-hydrogen) atoms. The molecule has 1 aliphatic rings. The molecule has 0 saturated heterocycles. The molecule has 0 spiro atoms. The van der Waals surface area contributed by atoms with Crippen LogP contribution in [0.1, 0.15) is 12.0 Å². The summed E-state index contributed by atoms with van der Waals surface area (Å²) in [5.74, 6) is 0.626. The van der Waals surface area contributed by atoms with Crippen LogP contribution in [-0.2, 0) is 11.2 Å². The molecule has 0 aromatic heterocycles. The molecule has 2 rings (SSSR count). The summed E-state index contributed by atoms with van der Waals surface area (Å²) in [6, 6.07) is 1.62. The van der Waals surface area contributed by atoms with Gasteiger partial charge in [0.1, 0.15) is 19.0 Å². The monoisotopic (exact) mass is 272 g/mol. The number of carboxylic acid groups (broad SMARTS) is 1. The molecule has 1 aromatic rings. The summed E-state index contributed by atoms with van der Waals surface area (Å²) in [6.07, 6.45) is 0.261. The topological polar surface area (TPSA) is 65.0 Å². The van der Waals surface area contributed by atoms with Crippen molar-refractivity contribution in [2.24, 2.45) is 0 Å². The third kappa shape index (κ3) is 2.46. The van der Waals surface area contributed by atoms with Crippen LogP contribution in [0.25, 0.3) is 0 Å². The van der Waals surface area contributed by atoms with E-state index in [-0.39, 0.29) is 12.8 Å². The lowest BCUT2D eigenvalue weighted by molar-refractivity contribution is -0.136. The van der Waals surface area contributed by atoms with Crippen molar-refractivity contribution in [3.05, 3.63) is 16.7 Å². The van der Waals surface area contributed by atoms with Gasteiger partial charge in [0.2, 0.25) is 0 Å². The highest BCUT2D eigenvalue weighted by Crippen LogP contribution is 2.44. The normalized spacial score (nSPS) is 13.2. The first-order valence-electron chi connectivity index (χ1n) is 5.50. The lowest BCUT2D eigenvalue weighted by atomic mass is 10.1. The molecule has 0 saturated carbocycles. The van der Waals surface area contributed by atoms with Gasteiger partial charge in [0.15, 0.2) is 11.5 Å². The minimum atomic E-state index is -0.887. The number of halogens is 1. The van der Waals surface area contributed by atoms with Gasteiger partial charge in [-0.05, 0) is 6.42 Å². The fourth-order valence-corrected chi connectivity index (χ4v) is 2.17. The molecule has 1 heterocycles. The number of methoxy groups -OCH3 is 1. The zero-order valence-corrected chi connectivity index (χ0v) is 10.6. The Labute approximate surface area is 109 Å². The van der Waals surface area contributed by atoms with E-state index in [1.807, 2.05) is 0 Å². The molecular formula is C12H13ClO5. The SMILES string of the molecule is COc1c(Cl)cc2c(c1CCC(=O)O)OCCO2. The van der Waals surface area contributed by atoms with Gasteiger partial charge in [-0.2, -0.15) is 0 Å². The van der Waals surface area contributed by atoms with Gasteiger partial charge in [0.25, 0.3) is 0 Å². The van der Waals surface area contributed by atoms with Gasteiger partial charge < -0.3 is 19.3 Å². The van der Waals surface area contributed by atoms with Crippen molar-refractivity contribution >= 4 is 17.6 Å². The van der Waals surface area contributed by atoms with Crippen molar-refractivity contribution in [1.82, 2.24) is 0 Å². The number of carboxylic acids is 1. The third-order valence-electron chi connectivity index (χ3n) is 2.63. The van der Waals surface area contributed by atoms with Gasteiger partial charge in [0, 0.05) is 18.1 Å². The Kier molecular flexibility index (Phi) is 3.81. The van der Waals surface area contributed by atoms with E-state index < -0.39 is 5.97 Å². The van der Waals surface area contributed by atoms with E-state index in [2.05, 4.69) is 0 Å². The summed E-state index contributed by atoms with van der Waals surface area (Å²) >= 11 is 6.07. The van der Waals surface area contributed by atoms with Crippen LogP contribution in [-0.4, -0.2) is 31.4 Å². The molecule has 0 bridgehead atoms. The maximum atomic E-state index is 10.7. The van der Waals surface area contributed by atoms with Crippen LogP contribution in [0.4, 0.5) is 0 Å². The van der Waals surface area contributed by atoms with E-state index in [9.17, 15) is 4.79 Å². The number of aliphatic carboxylic acids is 1. The minimum Gasteiger partial charge on any atom is -0.495 e. The van der Waals surface area contributed by atoms with Gasteiger partial charge in [-0.25, -0.2) is 0 Å². The van der Waals surface area contributed by atoms with Crippen LogP contribution in [0, 0.1) is 0 Å². The van der Waals surface area contributed by atoms with Crippen LogP contribution >= 0.6 is 11.6 Å². The second-order valence-corrected chi connectivity index (χ2v) is 4.20. The Morgan fingerprint density at radius 3 is 2.89 bits per heavy atom. The van der Waals surface area contributed by atoms with E-state index in [4.69, 9.17) is 30.9 Å². The molecule has 0 fully saturated rings. The molecular weight excluding hydrogens is 260 g/mol. The lowest BCUT2D eigenvalue weighted by Gasteiger charge is -2.23. The Hall–Kier alpha value is -1.62. The highest BCUT2D eigenvalue weighted by Gasteiger charge is 2.23. The van der Waals surface area contributed by atoms with Crippen molar-refractivity contribution in [2.45, 2.75) is 12.8 Å². The Balaban J connectivity index is 2.44. The number of rotatable bonds is 4. The first-order valence-corrected chi connectivity index (χ1v) is 5.88. The quantitative estimate of drug-likeness (QED) is 0.910. The number of benzene rings is 1. The van der Waals surface area contributed by atoms with Gasteiger partial charge in [0.05, 0.1) is 12.1 Å². The zero-order valence-electron chi connectivity index (χ0n) is 9.86. The minimum absolute atomic E-state index is 0.0213. The van der Waals surface area contributed by atoms with Crippen molar-refractivity contribution in [2.75, 3.05) is 20.3 Å². The summed E-state index contributed by atoms with van der Waals surface area (Å²) in [5.41, 5.74) is 0.641. The highest BCUT2D eigenvalue weighted by atomic mass is 35.5. The standard InChI is InChI=1S/C12H13ClO5/c1-16-11-7(2-3-10(14)15)12-9(6-8(11)13)17-4-5-18-12/h6H,2-5H2,1H3,(H,14,15). The van der Waals surface area contributed by atoms with E-state index in [0.717, 1.165) is 0 Å². The van der Waals surface area contributed by atoms with Crippen LogP contribution in [0.15, 0.2) is 6.07 Å². The molecule has 0 unspecified atom stereocenters. The second-order valence-electron chi connectivity index (χ2n) is 3.79. The highest BCUT2D eigenvalue weighted by molar-refractivity contribution is 6.32. The molecule has 0 atom stereocenters. The second kappa shape index (κ2) is 5.35. The molecule has 5 nitrogen and oxygen atoms in total. The maximum absolute atomic E-state index is 10.7. The summed E-state index contributed by atoms with van der Waals surface area (Å²) in [4.78, 5) is 10.7. The van der Waals surface area contributed by atoms with E-state index in [1.54, 1.807) is 6.07 Å². The summed E-state index contributed by atoms with van der Waals surface area (Å²) in [5, 5.41) is 9.16. The van der Waals surface area contributed by atoms with Crippen LogP contribution in [0.2, 0.25) is 5.02 Å². The summed E-state index contributed by atoms with van der Waals surface area (Å²) in [7, 11) is 1.49. The molecule has 0 amide bonds. The lowest BCUT2D eigenvalue weighted by Crippen LogP contribution is -2.17. The van der Waals surface area contributed by atoms with Crippen LogP contribution in [0.5, 0.6) is 17.2 Å². The Morgan fingerprint density at radius 2 is 2.22 bits per heavy atom. The number of ether oxygens (including phenoxy) is 3. The van der Waals surface area contributed by atoms with Gasteiger partial charge in [-0.1, -0.05) is 11.6 Å². The molecule has 0 radical (unpaired) electrons. The number of carbonyl (C=O) groups is 1. The summed E-state index contributed by atoms with van der Waals surface area (Å²) < 4.78 is 16.2. The molecule has 98 valence electrons. The first-order chi connectivity index (χ1) is 8.63. The molecule has 1 aliphatic heterocycles. The van der Waals surface area contributed by atoms with E-state index in [0.29, 0.717) is 41.0 Å². The zero-order chi connectivity index (χ0) is 13.1. The van der Waals surface area contributed by atoms with Gasteiger partial charge in [-0.15, -0.1) is 0 Å². The molecule has 6 heteroatoms. The Morgan fingerprint density at radius 1 is 1.50 bits per heavy atom. The van der Waals surface area contributed by atoms with Crippen molar-refractivity contribution in [3.63, 3.8) is 0 Å². The largest absolute Gasteiger partial charge is 0.495 e. The van der Waals surface area contributed by atoms with Crippen molar-refractivity contribution in [1.29, 1.82) is 0 Å². The van der Waals surface area contributed by atoms with Gasteiger partial charge >= 0.3 is 5.97 Å². The number of fused-ring (bicyclic) bond motifs is 1. The van der Waals surface area contributed by atoms with E-state index >= 15 is 0 Å². The number of hydrogen-bond donors (Lipinski definition) is 1. The average molecular weight is 273 g/mol. The fourth-order valence-electron chi connectivity index (χ4n) is 1.88. The fraction of sp³-hybridized carbons (Fsp3) is 0.417. The van der Waals surface area contributed by atoms with Crippen LogP contribution in [0.3, 0.4) is 0 Å². The smallest absolute Gasteiger partial charge is 0.303 e. The average Bonchev–Trinajstić information content (AvgIpc) is 2.35. The predicted octanol–water partition coefficient (Wildman–Crippen LogP) is 2.14. The molecule has 1 aromatic carbocycles. The third-order valence-corrected chi connectivity index (χ3v) is 2.91. The van der Waals surface area contributed by atoms with Crippen molar-refractivity contribution < 1.29 is 24.1 Å². The predicted molar refractivity (Wildman–Crippen MR) is 65.0 cm³/mol. The summed E-state index contributed by atoms with van der Waals surface area (Å²) in [6.45, 7) is 0.881. The van der Waals surface area contributed by atoms with Gasteiger partial charge in [-0.3, -0.25) is 4.79 Å². The maximum Gasteiger partial charge on any atom is 0.303 e. The first kappa shape index (κ1) is 12.8. The molecule has 0 aliphatic carbocycles. The number of hydrogen-bond acceptors (Lipinski definition) is 4. The van der Waals surface area contributed by atoms with Crippen molar-refractivity contribution in [3.8, 4) is 17.2 Å². The van der Waals surface area contributed by atoms with Crippen LogP contribution < -0.4 is 14.2 Å². The van der Waals surface area contributed by atoms with E-state index in [1.165, 1.54) is 7.11 Å².